The number of nitrogens with one attached hydrogen (secondary N) is 2. The van der Waals surface area contributed by atoms with Gasteiger partial charge in [-0.25, -0.2) is 4.79 Å². The molecule has 0 rings (SSSR count). The number of amides is 3. The lowest BCUT2D eigenvalue weighted by atomic mass is 10.1. The van der Waals surface area contributed by atoms with Crippen molar-refractivity contribution in [2.45, 2.75) is 31.3 Å². The van der Waals surface area contributed by atoms with Crippen LogP contribution in [0.5, 0.6) is 0 Å². The summed E-state index contributed by atoms with van der Waals surface area (Å²) in [6.45, 7) is -0.129. The van der Waals surface area contributed by atoms with Crippen LogP contribution in [-0.4, -0.2) is 59.9 Å². The predicted molar refractivity (Wildman–Crippen MR) is 84.3 cm³/mol. The highest BCUT2D eigenvalue weighted by Gasteiger charge is 2.27. The minimum Gasteiger partial charge on any atom is -0.480 e. The molecule has 0 aromatic carbocycles. The number of guanidine groups is 1. The molecule has 0 aliphatic carbocycles. The molecule has 0 aliphatic heterocycles. The third kappa shape index (κ3) is 9.19. The number of carboxylic acids is 1. The normalized spacial score (nSPS) is 12.5. The molecule has 0 aliphatic rings. The lowest BCUT2D eigenvalue weighted by Crippen LogP contribution is -2.53. The zero-order valence-electron chi connectivity index (χ0n) is 13.0. The zero-order chi connectivity index (χ0) is 18.7. The van der Waals surface area contributed by atoms with E-state index in [9.17, 15) is 19.2 Å². The maximum Gasteiger partial charge on any atom is 0.326 e. The molecule has 12 heteroatoms. The van der Waals surface area contributed by atoms with Crippen molar-refractivity contribution in [3.05, 3.63) is 0 Å². The van der Waals surface area contributed by atoms with Gasteiger partial charge in [-0.15, -0.1) is 0 Å². The fourth-order valence-electron chi connectivity index (χ4n) is 1.70. The summed E-state index contributed by atoms with van der Waals surface area (Å²) < 4.78 is 0. The molecule has 0 aromatic rings. The Kier molecular flexibility index (Phi) is 9.48. The van der Waals surface area contributed by atoms with E-state index >= 15 is 0 Å². The van der Waals surface area contributed by atoms with Crippen LogP contribution in [0, 0.1) is 0 Å². The molecule has 0 spiro atoms. The summed E-state index contributed by atoms with van der Waals surface area (Å²) in [6.07, 6.45) is -0.0989. The summed E-state index contributed by atoms with van der Waals surface area (Å²) >= 11 is 0. The van der Waals surface area contributed by atoms with Crippen molar-refractivity contribution >= 4 is 29.7 Å². The van der Waals surface area contributed by atoms with Gasteiger partial charge in [-0.1, -0.05) is 0 Å². The lowest BCUT2D eigenvalue weighted by molar-refractivity contribution is -0.143. The van der Waals surface area contributed by atoms with Gasteiger partial charge in [0, 0.05) is 6.54 Å². The Morgan fingerprint density at radius 2 is 1.67 bits per heavy atom. The van der Waals surface area contributed by atoms with Gasteiger partial charge in [0.15, 0.2) is 5.96 Å². The van der Waals surface area contributed by atoms with E-state index in [1.165, 1.54) is 0 Å². The van der Waals surface area contributed by atoms with Crippen LogP contribution in [0.25, 0.3) is 0 Å². The number of carbonyl (C=O) groups is 4. The number of carbonyl (C=O) groups excluding carboxylic acids is 3. The van der Waals surface area contributed by atoms with Gasteiger partial charge in [0.2, 0.25) is 17.7 Å². The molecule has 24 heavy (non-hydrogen) atoms. The molecule has 2 atom stereocenters. The second kappa shape index (κ2) is 10.8. The fourth-order valence-corrected chi connectivity index (χ4v) is 1.70. The number of rotatable bonds is 11. The number of nitrogens with zero attached hydrogens (tertiary/aromatic N) is 1. The van der Waals surface area contributed by atoms with Crippen LogP contribution in [-0.2, 0) is 19.2 Å². The highest BCUT2D eigenvalue weighted by molar-refractivity contribution is 5.92. The zero-order valence-corrected chi connectivity index (χ0v) is 13.0. The Morgan fingerprint density at radius 3 is 2.12 bits per heavy atom. The van der Waals surface area contributed by atoms with Gasteiger partial charge < -0.3 is 38.7 Å². The Labute approximate surface area is 138 Å². The highest BCUT2D eigenvalue weighted by atomic mass is 16.4. The molecule has 0 saturated heterocycles. The average molecular weight is 345 g/mol. The molecule has 11 N–H and O–H groups in total. The van der Waals surface area contributed by atoms with Gasteiger partial charge in [0.05, 0.1) is 13.0 Å². The van der Waals surface area contributed by atoms with Gasteiger partial charge in [0.25, 0.3) is 0 Å². The quantitative estimate of drug-likeness (QED) is 0.110. The van der Waals surface area contributed by atoms with Crippen LogP contribution < -0.4 is 33.6 Å². The Balaban J connectivity index is 4.86. The van der Waals surface area contributed by atoms with E-state index in [0.29, 0.717) is 6.42 Å². The smallest absolute Gasteiger partial charge is 0.326 e. The number of hydrogen-bond acceptors (Lipinski definition) is 6. The number of primary amides is 1. The number of nitrogens with two attached hydrogens (primary N) is 4. The third-order valence-electron chi connectivity index (χ3n) is 2.80. The Hall–Kier alpha value is -2.89. The van der Waals surface area contributed by atoms with Crippen LogP contribution in [0.1, 0.15) is 19.3 Å². The van der Waals surface area contributed by atoms with Crippen LogP contribution in [0.2, 0.25) is 0 Å². The molecule has 136 valence electrons. The summed E-state index contributed by atoms with van der Waals surface area (Å²) in [4.78, 5) is 49.2. The molecule has 0 aromatic heterocycles. The van der Waals surface area contributed by atoms with Crippen molar-refractivity contribution in [1.82, 2.24) is 10.6 Å². The van der Waals surface area contributed by atoms with Gasteiger partial charge in [-0.2, -0.15) is 0 Å². The van der Waals surface area contributed by atoms with Gasteiger partial charge in [0.1, 0.15) is 12.1 Å². The molecule has 12 nitrogen and oxygen atoms in total. The Morgan fingerprint density at radius 1 is 1.04 bits per heavy atom. The van der Waals surface area contributed by atoms with Crippen LogP contribution >= 0.6 is 0 Å². The molecule has 0 radical (unpaired) electrons. The lowest BCUT2D eigenvalue weighted by Gasteiger charge is -2.20. The van der Waals surface area contributed by atoms with Crippen LogP contribution in [0.15, 0.2) is 4.99 Å². The SMILES string of the molecule is NCC(=O)NC(CCCN=C(N)N)C(=O)NC(CC(N)=O)C(=O)O. The van der Waals surface area contributed by atoms with Crippen molar-refractivity contribution in [2.24, 2.45) is 27.9 Å². The molecule has 0 saturated carbocycles. The second-order valence-electron chi connectivity index (χ2n) is 4.84. The number of hydrogen-bond donors (Lipinski definition) is 7. The minimum atomic E-state index is -1.50. The molecule has 0 heterocycles. The number of aliphatic carboxylic acids is 1. The van der Waals surface area contributed by atoms with Gasteiger partial charge in [-0.3, -0.25) is 19.4 Å². The van der Waals surface area contributed by atoms with Gasteiger partial charge in [-0.05, 0) is 12.8 Å². The third-order valence-corrected chi connectivity index (χ3v) is 2.80. The van der Waals surface area contributed by atoms with Gasteiger partial charge >= 0.3 is 5.97 Å². The molecular formula is C12H23N7O5. The first kappa shape index (κ1) is 21.1. The van der Waals surface area contributed by atoms with Crippen molar-refractivity contribution in [3.63, 3.8) is 0 Å². The van der Waals surface area contributed by atoms with Crippen LogP contribution in [0.3, 0.4) is 0 Å². The molecule has 0 fully saturated rings. The first-order valence-electron chi connectivity index (χ1n) is 7.03. The monoisotopic (exact) mass is 345 g/mol. The van der Waals surface area contributed by atoms with E-state index in [0.717, 1.165) is 0 Å². The summed E-state index contributed by atoms with van der Waals surface area (Å²) in [5.41, 5.74) is 20.5. The van der Waals surface area contributed by atoms with Crippen molar-refractivity contribution in [1.29, 1.82) is 0 Å². The Bertz CT molecular complexity index is 504. The predicted octanol–water partition coefficient (Wildman–Crippen LogP) is -4.07. The van der Waals surface area contributed by atoms with E-state index < -0.39 is 42.2 Å². The summed E-state index contributed by atoms with van der Waals surface area (Å²) in [5, 5.41) is 13.5. The standard InChI is InChI=1S/C12H23N7O5/c13-5-9(21)18-6(2-1-3-17-12(15)16)10(22)19-7(11(23)24)4-8(14)20/h6-7H,1-5,13H2,(H2,14,20)(H,18,21)(H,19,22)(H,23,24)(H4,15,16,17). The first-order chi connectivity index (χ1) is 11.2. The topological polar surface area (TPSA) is 229 Å². The molecule has 0 bridgehead atoms. The van der Waals surface area contributed by atoms with E-state index in [2.05, 4.69) is 15.6 Å². The summed E-state index contributed by atoms with van der Waals surface area (Å²) in [7, 11) is 0. The number of aliphatic imine (C=N–C) groups is 1. The largest absolute Gasteiger partial charge is 0.480 e. The van der Waals surface area contributed by atoms with Crippen molar-refractivity contribution in [2.75, 3.05) is 13.1 Å². The molecule has 2 unspecified atom stereocenters. The second-order valence-corrected chi connectivity index (χ2v) is 4.84. The summed E-state index contributed by atoms with van der Waals surface area (Å²) in [5.74, 6) is -3.81. The van der Waals surface area contributed by atoms with Crippen molar-refractivity contribution < 1.29 is 24.3 Å². The summed E-state index contributed by atoms with van der Waals surface area (Å²) in [6, 6.07) is -2.55. The molecule has 3 amide bonds. The maximum atomic E-state index is 12.2. The number of carboxylic acid groups (broad SMARTS) is 1. The molecular weight excluding hydrogens is 322 g/mol. The van der Waals surface area contributed by atoms with Crippen LogP contribution in [0.4, 0.5) is 0 Å². The van der Waals surface area contributed by atoms with Crippen molar-refractivity contribution in [3.8, 4) is 0 Å². The van der Waals surface area contributed by atoms with E-state index in [1.807, 2.05) is 0 Å². The van der Waals surface area contributed by atoms with E-state index in [-0.39, 0.29) is 25.5 Å². The van der Waals surface area contributed by atoms with E-state index in [4.69, 9.17) is 28.0 Å². The minimum absolute atomic E-state index is 0.116. The van der Waals surface area contributed by atoms with E-state index in [1.54, 1.807) is 0 Å². The first-order valence-corrected chi connectivity index (χ1v) is 7.03. The maximum absolute atomic E-state index is 12.2. The fraction of sp³-hybridized carbons (Fsp3) is 0.583. The average Bonchev–Trinajstić information content (AvgIpc) is 2.48. The highest BCUT2D eigenvalue weighted by Crippen LogP contribution is 2.01.